The molecule has 6 heteroatoms. The van der Waals surface area contributed by atoms with E-state index in [1.54, 1.807) is 0 Å². The number of nitrogens with zero attached hydrogens (tertiary/aromatic N) is 2. The molecule has 2 fully saturated rings. The second-order valence-corrected chi connectivity index (χ2v) is 17.0. The molecule has 4 rings (SSSR count). The summed E-state index contributed by atoms with van der Waals surface area (Å²) in [5, 5.41) is 0. The van der Waals surface area contributed by atoms with Crippen LogP contribution >= 0.6 is 0 Å². The van der Waals surface area contributed by atoms with Gasteiger partial charge in [0.15, 0.2) is 5.41 Å². The van der Waals surface area contributed by atoms with Gasteiger partial charge in [0.2, 0.25) is 0 Å². The second kappa shape index (κ2) is 14.4. The van der Waals surface area contributed by atoms with Crippen LogP contribution in [0.2, 0.25) is 0 Å². The molecule has 0 spiro atoms. The van der Waals surface area contributed by atoms with E-state index in [4.69, 9.17) is 9.47 Å². The fourth-order valence-electron chi connectivity index (χ4n) is 9.42. The molecular weight excluding hydrogens is 608 g/mol. The van der Waals surface area contributed by atoms with Crippen LogP contribution in [0.3, 0.4) is 0 Å². The van der Waals surface area contributed by atoms with E-state index in [9.17, 15) is 9.59 Å². The topological polar surface area (TPSA) is 59.1 Å². The predicted octanol–water partition coefficient (Wildman–Crippen LogP) is 9.44. The summed E-state index contributed by atoms with van der Waals surface area (Å²) in [6.45, 7) is 30.5. The molecular formula is C43H62N2O4. The molecule has 2 aliphatic heterocycles. The fourth-order valence-corrected chi connectivity index (χ4v) is 9.42. The third-order valence-electron chi connectivity index (χ3n) is 10.8. The number of rotatable bonds is 12. The summed E-state index contributed by atoms with van der Waals surface area (Å²) >= 11 is 0. The van der Waals surface area contributed by atoms with Gasteiger partial charge in [-0.3, -0.25) is 9.59 Å². The Morgan fingerprint density at radius 3 is 1.16 bits per heavy atom. The molecule has 0 atom stereocenters. The average Bonchev–Trinajstić information content (AvgIpc) is 2.98. The van der Waals surface area contributed by atoms with Gasteiger partial charge in [-0.05, 0) is 92.2 Å². The summed E-state index contributed by atoms with van der Waals surface area (Å²) in [6, 6.07) is 19.6. The number of benzene rings is 2. The maximum absolute atomic E-state index is 15.0. The van der Waals surface area contributed by atoms with Gasteiger partial charge in [0, 0.05) is 59.2 Å². The highest BCUT2D eigenvalue weighted by Crippen LogP contribution is 2.46. The third kappa shape index (κ3) is 8.27. The molecule has 2 saturated heterocycles. The summed E-state index contributed by atoms with van der Waals surface area (Å²) in [5.74, 6) is -1.03. The summed E-state index contributed by atoms with van der Waals surface area (Å²) < 4.78 is 13.1. The molecule has 6 nitrogen and oxygen atoms in total. The molecule has 0 radical (unpaired) electrons. The summed E-state index contributed by atoms with van der Waals surface area (Å²) in [5.41, 5.74) is 1.15. The molecule has 0 aromatic heterocycles. The largest absolute Gasteiger partial charge is 0.461 e. The lowest BCUT2D eigenvalue weighted by Crippen LogP contribution is -2.62. The SMILES string of the molecule is C=C(CC)N1C(C)(C)CC(OC(=O)C(Cc2ccccc2)(Cc2ccccc2)C(=O)OC2CC(C)(C)N(C(=C)CC)C(C)(C)C2)CC1(C)C. The highest BCUT2D eigenvalue weighted by atomic mass is 16.6. The maximum atomic E-state index is 15.0. The molecule has 2 aromatic rings. The molecule has 0 N–H and O–H groups in total. The first kappa shape index (κ1) is 38.3. The van der Waals surface area contributed by atoms with Gasteiger partial charge in [-0.15, -0.1) is 0 Å². The van der Waals surface area contributed by atoms with Crippen molar-refractivity contribution in [2.75, 3.05) is 0 Å². The Morgan fingerprint density at radius 2 is 0.898 bits per heavy atom. The minimum Gasteiger partial charge on any atom is -0.461 e. The summed E-state index contributed by atoms with van der Waals surface area (Å²) in [7, 11) is 0. The minimum absolute atomic E-state index is 0.178. The van der Waals surface area contributed by atoms with Gasteiger partial charge < -0.3 is 19.3 Å². The minimum atomic E-state index is -1.58. The number of hydrogen-bond donors (Lipinski definition) is 0. The van der Waals surface area contributed by atoms with Crippen molar-refractivity contribution in [3.8, 4) is 0 Å². The monoisotopic (exact) mass is 670 g/mol. The molecule has 0 bridgehead atoms. The van der Waals surface area contributed by atoms with E-state index in [1.807, 2.05) is 60.7 Å². The van der Waals surface area contributed by atoms with Gasteiger partial charge in [0.25, 0.3) is 0 Å². The molecule has 2 heterocycles. The highest BCUT2D eigenvalue weighted by molar-refractivity contribution is 6.01. The quantitative estimate of drug-likeness (QED) is 0.166. The van der Waals surface area contributed by atoms with E-state index < -0.39 is 17.4 Å². The zero-order chi connectivity index (χ0) is 36.4. The van der Waals surface area contributed by atoms with Gasteiger partial charge in [0.05, 0.1) is 0 Å². The molecule has 268 valence electrons. The summed E-state index contributed by atoms with van der Waals surface area (Å²) in [4.78, 5) is 34.7. The molecule has 0 aliphatic carbocycles. The van der Waals surface area contributed by atoms with Gasteiger partial charge in [0.1, 0.15) is 12.2 Å². The van der Waals surface area contributed by atoms with Crippen LogP contribution in [0.4, 0.5) is 0 Å². The Balaban J connectivity index is 1.75. The number of piperidine rings is 2. The zero-order valence-electron chi connectivity index (χ0n) is 32.0. The van der Waals surface area contributed by atoms with Crippen LogP contribution in [-0.2, 0) is 31.9 Å². The van der Waals surface area contributed by atoms with Crippen molar-refractivity contribution in [1.29, 1.82) is 0 Å². The third-order valence-corrected chi connectivity index (χ3v) is 10.8. The van der Waals surface area contributed by atoms with Crippen LogP contribution in [0.1, 0.15) is 119 Å². The number of hydrogen-bond acceptors (Lipinski definition) is 6. The first-order chi connectivity index (χ1) is 22.8. The fraction of sp³-hybridized carbons (Fsp3) is 0.581. The number of allylic oxidation sites excluding steroid dienone is 2. The van der Waals surface area contributed by atoms with E-state index in [0.29, 0.717) is 25.7 Å². The average molecular weight is 671 g/mol. The maximum Gasteiger partial charge on any atom is 0.324 e. The summed E-state index contributed by atoms with van der Waals surface area (Å²) in [6.07, 6.45) is 3.82. The zero-order valence-corrected chi connectivity index (χ0v) is 32.0. The van der Waals surface area contributed by atoms with Crippen LogP contribution in [0, 0.1) is 5.41 Å². The number of carbonyl (C=O) groups excluding carboxylic acids is 2. The van der Waals surface area contributed by atoms with Crippen molar-refractivity contribution in [1.82, 2.24) is 9.80 Å². The molecule has 0 unspecified atom stereocenters. The number of carbonyl (C=O) groups is 2. The van der Waals surface area contributed by atoms with Crippen molar-refractivity contribution >= 4 is 11.9 Å². The molecule has 49 heavy (non-hydrogen) atoms. The highest BCUT2D eigenvalue weighted by Gasteiger charge is 2.54. The van der Waals surface area contributed by atoms with Crippen molar-refractivity contribution in [3.63, 3.8) is 0 Å². The van der Waals surface area contributed by atoms with E-state index >= 15 is 0 Å². The van der Waals surface area contributed by atoms with Crippen LogP contribution < -0.4 is 0 Å². The van der Waals surface area contributed by atoms with Crippen LogP contribution in [-0.4, -0.2) is 56.1 Å². The normalized spacial score (nSPS) is 20.4. The lowest BCUT2D eigenvalue weighted by atomic mass is 9.74. The molecule has 0 amide bonds. The molecule has 2 aliphatic rings. The van der Waals surface area contributed by atoms with Crippen LogP contribution in [0.15, 0.2) is 85.2 Å². The first-order valence-electron chi connectivity index (χ1n) is 18.2. The molecule has 0 saturated carbocycles. The lowest BCUT2D eigenvalue weighted by molar-refractivity contribution is -0.187. The van der Waals surface area contributed by atoms with Crippen LogP contribution in [0.5, 0.6) is 0 Å². The van der Waals surface area contributed by atoms with Crippen LogP contribution in [0.25, 0.3) is 0 Å². The van der Waals surface area contributed by atoms with Crippen molar-refractivity contribution in [3.05, 3.63) is 96.3 Å². The number of ether oxygens (including phenoxy) is 2. The Bertz CT molecular complexity index is 1340. The molecule has 2 aromatic carbocycles. The van der Waals surface area contributed by atoms with E-state index in [-0.39, 0.29) is 47.2 Å². The first-order valence-corrected chi connectivity index (χ1v) is 18.2. The Morgan fingerprint density at radius 1 is 0.612 bits per heavy atom. The van der Waals surface area contributed by atoms with Crippen molar-refractivity contribution in [2.24, 2.45) is 5.41 Å². The van der Waals surface area contributed by atoms with Gasteiger partial charge in [-0.1, -0.05) is 87.7 Å². The van der Waals surface area contributed by atoms with Gasteiger partial charge >= 0.3 is 11.9 Å². The van der Waals surface area contributed by atoms with E-state index in [2.05, 4.69) is 92.2 Å². The number of likely N-dealkylation sites (tertiary alicyclic amines) is 2. The van der Waals surface area contributed by atoms with Gasteiger partial charge in [-0.2, -0.15) is 0 Å². The van der Waals surface area contributed by atoms with E-state index in [0.717, 1.165) is 35.4 Å². The smallest absolute Gasteiger partial charge is 0.324 e. The lowest BCUT2D eigenvalue weighted by Gasteiger charge is -2.57. The standard InChI is InChI=1S/C43H62N2O4/c1-13-31(3)44-39(5,6)27-35(28-40(44,7)8)48-37(46)43(25-33-21-17-15-18-22-33,26-34-23-19-16-20-24-34)38(47)49-36-29-41(9,10)45(32(4)14-2)42(11,12)30-36/h15-24,35-36H,3-4,13-14,25-30H2,1-2,5-12H3. The predicted molar refractivity (Wildman–Crippen MR) is 200 cm³/mol. The number of esters is 2. The van der Waals surface area contributed by atoms with Crippen molar-refractivity contribution < 1.29 is 19.1 Å². The van der Waals surface area contributed by atoms with Crippen molar-refractivity contribution in [2.45, 2.75) is 155 Å². The Hall–Kier alpha value is -3.54. The second-order valence-electron chi connectivity index (χ2n) is 17.0. The van der Waals surface area contributed by atoms with Gasteiger partial charge in [-0.25, -0.2) is 0 Å². The Kier molecular flexibility index (Phi) is 11.2. The van der Waals surface area contributed by atoms with E-state index in [1.165, 1.54) is 0 Å². The Labute approximate surface area is 296 Å².